The molecular formula is C20H19FN2O2. The van der Waals surface area contributed by atoms with Gasteiger partial charge in [-0.3, -0.25) is 4.79 Å². The van der Waals surface area contributed by atoms with Crippen molar-refractivity contribution in [2.24, 2.45) is 0 Å². The van der Waals surface area contributed by atoms with Crippen molar-refractivity contribution < 1.29 is 14.3 Å². The number of nitriles is 1. The van der Waals surface area contributed by atoms with E-state index in [0.717, 1.165) is 11.1 Å². The fourth-order valence-corrected chi connectivity index (χ4v) is 3.23. The van der Waals surface area contributed by atoms with E-state index in [0.29, 0.717) is 31.4 Å². The van der Waals surface area contributed by atoms with Gasteiger partial charge in [-0.15, -0.1) is 0 Å². The maximum Gasteiger partial charge on any atom is 0.223 e. The Bertz CT molecular complexity index is 781. The minimum atomic E-state index is -0.561. The van der Waals surface area contributed by atoms with Gasteiger partial charge in [0.15, 0.2) is 0 Å². The second kappa shape index (κ2) is 7.45. The van der Waals surface area contributed by atoms with Crippen molar-refractivity contribution in [3.63, 3.8) is 0 Å². The molecule has 0 radical (unpaired) electrons. The van der Waals surface area contributed by atoms with E-state index in [-0.39, 0.29) is 17.8 Å². The van der Waals surface area contributed by atoms with Crippen molar-refractivity contribution in [2.45, 2.75) is 31.4 Å². The number of benzene rings is 2. The molecule has 1 saturated heterocycles. The van der Waals surface area contributed by atoms with Gasteiger partial charge >= 0.3 is 0 Å². The van der Waals surface area contributed by atoms with Gasteiger partial charge in [0, 0.05) is 13.0 Å². The van der Waals surface area contributed by atoms with Crippen LogP contribution in [0.15, 0.2) is 48.5 Å². The van der Waals surface area contributed by atoms with Crippen LogP contribution in [-0.4, -0.2) is 28.6 Å². The molecule has 0 aliphatic carbocycles. The molecule has 0 spiro atoms. The summed E-state index contributed by atoms with van der Waals surface area (Å²) in [5, 5.41) is 18.8. The number of aliphatic hydroxyl groups is 1. The summed E-state index contributed by atoms with van der Waals surface area (Å²) >= 11 is 0. The maximum atomic E-state index is 13.1. The van der Waals surface area contributed by atoms with Crippen LogP contribution in [0.2, 0.25) is 0 Å². The average molecular weight is 338 g/mol. The summed E-state index contributed by atoms with van der Waals surface area (Å²) in [6.45, 7) is 0.300. The second-order valence-corrected chi connectivity index (χ2v) is 6.31. The number of rotatable bonds is 4. The van der Waals surface area contributed by atoms with Crippen LogP contribution >= 0.6 is 0 Å². The van der Waals surface area contributed by atoms with Crippen LogP contribution in [0.3, 0.4) is 0 Å². The van der Waals surface area contributed by atoms with Crippen molar-refractivity contribution in [1.29, 1.82) is 5.26 Å². The van der Waals surface area contributed by atoms with E-state index < -0.39 is 6.10 Å². The molecule has 1 N–H and O–H groups in total. The molecule has 25 heavy (non-hydrogen) atoms. The van der Waals surface area contributed by atoms with Gasteiger partial charge in [-0.2, -0.15) is 5.26 Å². The Balaban J connectivity index is 1.66. The highest BCUT2D eigenvalue weighted by atomic mass is 19.1. The molecule has 5 heteroatoms. The third-order valence-corrected chi connectivity index (χ3v) is 4.56. The van der Waals surface area contributed by atoms with Crippen molar-refractivity contribution in [2.75, 3.05) is 6.54 Å². The zero-order chi connectivity index (χ0) is 17.8. The van der Waals surface area contributed by atoms with Gasteiger partial charge in [-0.05, 0) is 48.2 Å². The van der Waals surface area contributed by atoms with Crippen LogP contribution in [0.1, 0.15) is 35.6 Å². The first-order valence-electron chi connectivity index (χ1n) is 8.29. The number of halogens is 1. The number of amides is 1. The molecule has 1 aliphatic rings. The Labute approximate surface area is 146 Å². The summed E-state index contributed by atoms with van der Waals surface area (Å²) in [5.74, 6) is -0.351. The number of hydrogen-bond donors (Lipinski definition) is 1. The Hall–Kier alpha value is -2.71. The summed E-state index contributed by atoms with van der Waals surface area (Å²) in [6.07, 6.45) is 0.812. The van der Waals surface area contributed by atoms with E-state index >= 15 is 0 Å². The standard InChI is InChI=1S/C20H19FN2O2/c21-17-8-6-16(7-9-17)19-11-18(24)13-23(19)20(25)10-5-14-1-3-15(12-22)4-2-14/h1-4,6-9,18-19,24H,5,10-11,13H2. The van der Waals surface area contributed by atoms with Gasteiger partial charge in [0.05, 0.1) is 23.8 Å². The largest absolute Gasteiger partial charge is 0.391 e. The van der Waals surface area contributed by atoms with E-state index in [1.807, 2.05) is 12.1 Å². The minimum Gasteiger partial charge on any atom is -0.391 e. The van der Waals surface area contributed by atoms with E-state index in [4.69, 9.17) is 5.26 Å². The minimum absolute atomic E-state index is 0.0322. The average Bonchev–Trinajstić information content (AvgIpc) is 3.02. The lowest BCUT2D eigenvalue weighted by atomic mass is 10.0. The molecule has 2 aromatic carbocycles. The van der Waals surface area contributed by atoms with Crippen LogP contribution in [0, 0.1) is 17.1 Å². The second-order valence-electron chi connectivity index (χ2n) is 6.31. The first kappa shape index (κ1) is 17.1. The molecule has 128 valence electrons. The molecule has 2 aromatic rings. The summed E-state index contributed by atoms with van der Waals surface area (Å²) < 4.78 is 13.1. The highest BCUT2D eigenvalue weighted by Crippen LogP contribution is 2.33. The molecule has 1 aliphatic heterocycles. The first-order valence-corrected chi connectivity index (χ1v) is 8.29. The molecule has 2 atom stereocenters. The van der Waals surface area contributed by atoms with Gasteiger partial charge in [0.2, 0.25) is 5.91 Å². The molecule has 3 rings (SSSR count). The van der Waals surface area contributed by atoms with Crippen molar-refractivity contribution in [1.82, 2.24) is 4.90 Å². The number of likely N-dealkylation sites (tertiary alicyclic amines) is 1. The highest BCUT2D eigenvalue weighted by molar-refractivity contribution is 5.77. The number of aryl methyl sites for hydroxylation is 1. The van der Waals surface area contributed by atoms with Crippen molar-refractivity contribution in [3.8, 4) is 6.07 Å². The van der Waals surface area contributed by atoms with Gasteiger partial charge in [0.25, 0.3) is 0 Å². The van der Waals surface area contributed by atoms with E-state index in [1.54, 1.807) is 29.2 Å². The number of nitrogens with zero attached hydrogens (tertiary/aromatic N) is 2. The molecule has 0 saturated carbocycles. The summed E-state index contributed by atoms with van der Waals surface area (Å²) in [5.41, 5.74) is 2.42. The molecule has 1 amide bonds. The molecule has 2 unspecified atom stereocenters. The lowest BCUT2D eigenvalue weighted by Crippen LogP contribution is -2.31. The van der Waals surface area contributed by atoms with Crippen LogP contribution in [0.4, 0.5) is 4.39 Å². The monoisotopic (exact) mass is 338 g/mol. The van der Waals surface area contributed by atoms with E-state index in [2.05, 4.69) is 6.07 Å². The number of β-amino-alcohol motifs (C(OH)–C–C–N with tert-alkyl or cyclic N) is 1. The van der Waals surface area contributed by atoms with Crippen LogP contribution in [0.5, 0.6) is 0 Å². The highest BCUT2D eigenvalue weighted by Gasteiger charge is 2.34. The normalized spacial score (nSPS) is 19.6. The zero-order valence-electron chi connectivity index (χ0n) is 13.7. The fraction of sp³-hybridized carbons (Fsp3) is 0.300. The number of carbonyl (C=O) groups excluding carboxylic acids is 1. The first-order chi connectivity index (χ1) is 12.1. The maximum absolute atomic E-state index is 13.1. The number of aliphatic hydroxyl groups excluding tert-OH is 1. The molecular weight excluding hydrogens is 319 g/mol. The zero-order valence-corrected chi connectivity index (χ0v) is 13.7. The number of carbonyl (C=O) groups is 1. The van der Waals surface area contributed by atoms with E-state index in [1.165, 1.54) is 12.1 Å². The molecule has 0 bridgehead atoms. The van der Waals surface area contributed by atoms with Gasteiger partial charge in [-0.1, -0.05) is 24.3 Å². The quantitative estimate of drug-likeness (QED) is 0.932. The molecule has 1 heterocycles. The lowest BCUT2D eigenvalue weighted by molar-refractivity contribution is -0.132. The van der Waals surface area contributed by atoms with Gasteiger partial charge < -0.3 is 10.0 Å². The van der Waals surface area contributed by atoms with E-state index in [9.17, 15) is 14.3 Å². The Morgan fingerprint density at radius 3 is 2.52 bits per heavy atom. The third kappa shape index (κ3) is 4.04. The SMILES string of the molecule is N#Cc1ccc(CCC(=O)N2CC(O)CC2c2ccc(F)cc2)cc1. The van der Waals surface area contributed by atoms with Gasteiger partial charge in [-0.25, -0.2) is 4.39 Å². The predicted octanol–water partition coefficient (Wildman–Crippen LogP) is 2.96. The Morgan fingerprint density at radius 2 is 1.88 bits per heavy atom. The number of hydrogen-bond acceptors (Lipinski definition) is 3. The molecule has 4 nitrogen and oxygen atoms in total. The van der Waals surface area contributed by atoms with Crippen molar-refractivity contribution in [3.05, 3.63) is 71.0 Å². The van der Waals surface area contributed by atoms with Crippen LogP contribution in [0.25, 0.3) is 0 Å². The summed E-state index contributed by atoms with van der Waals surface area (Å²) in [7, 11) is 0. The van der Waals surface area contributed by atoms with Crippen LogP contribution in [-0.2, 0) is 11.2 Å². The third-order valence-electron chi connectivity index (χ3n) is 4.56. The summed E-state index contributed by atoms with van der Waals surface area (Å²) in [4.78, 5) is 14.3. The molecule has 1 fully saturated rings. The topological polar surface area (TPSA) is 64.3 Å². The Kier molecular flexibility index (Phi) is 5.11. The van der Waals surface area contributed by atoms with Gasteiger partial charge in [0.1, 0.15) is 5.82 Å². The fourth-order valence-electron chi connectivity index (χ4n) is 3.23. The molecule has 0 aromatic heterocycles. The lowest BCUT2D eigenvalue weighted by Gasteiger charge is -2.25. The summed E-state index contributed by atoms with van der Waals surface area (Å²) in [6, 6.07) is 15.1. The van der Waals surface area contributed by atoms with Crippen molar-refractivity contribution >= 4 is 5.91 Å². The smallest absolute Gasteiger partial charge is 0.223 e. The predicted molar refractivity (Wildman–Crippen MR) is 91.0 cm³/mol. The Morgan fingerprint density at radius 1 is 1.20 bits per heavy atom. The van der Waals surface area contributed by atoms with Crippen LogP contribution < -0.4 is 0 Å².